The summed E-state index contributed by atoms with van der Waals surface area (Å²) in [5.74, 6) is -0.933. The van der Waals surface area contributed by atoms with E-state index in [9.17, 15) is 9.59 Å². The quantitative estimate of drug-likeness (QED) is 0.362. The molecule has 0 aliphatic heterocycles. The van der Waals surface area contributed by atoms with Crippen LogP contribution in [0, 0.1) is 0 Å². The third kappa shape index (κ3) is 7.21. The zero-order valence-corrected chi connectivity index (χ0v) is 15.5. The molecule has 27 heavy (non-hydrogen) atoms. The van der Waals surface area contributed by atoms with Gasteiger partial charge in [-0.15, -0.1) is 0 Å². The molecule has 2 aromatic carbocycles. The molecular formula is C21H24O6. The fraction of sp³-hybridized carbons (Fsp3) is 0.333. The SMILES string of the molecule is COC(=O)C[C@@H](OCOCc1ccccc1)[C@@H](C)OC(=O)c1ccccc1. The number of hydrogen-bond acceptors (Lipinski definition) is 6. The minimum Gasteiger partial charge on any atom is -0.469 e. The second kappa shape index (κ2) is 11.1. The lowest BCUT2D eigenvalue weighted by molar-refractivity contribution is -0.156. The molecule has 0 saturated carbocycles. The topological polar surface area (TPSA) is 71.1 Å². The normalized spacial score (nSPS) is 12.8. The molecule has 0 fully saturated rings. The number of hydrogen-bond donors (Lipinski definition) is 0. The van der Waals surface area contributed by atoms with E-state index in [0.717, 1.165) is 5.56 Å². The maximum Gasteiger partial charge on any atom is 0.338 e. The molecule has 0 aliphatic carbocycles. The Morgan fingerprint density at radius 2 is 1.59 bits per heavy atom. The molecule has 0 aromatic heterocycles. The number of methoxy groups -OCH3 is 1. The first-order chi connectivity index (χ1) is 13.1. The van der Waals surface area contributed by atoms with Crippen molar-refractivity contribution in [3.8, 4) is 0 Å². The average Bonchev–Trinajstić information content (AvgIpc) is 2.71. The maximum atomic E-state index is 12.2. The zero-order chi connectivity index (χ0) is 19.5. The van der Waals surface area contributed by atoms with Crippen molar-refractivity contribution < 1.29 is 28.5 Å². The van der Waals surface area contributed by atoms with Gasteiger partial charge in [0.15, 0.2) is 0 Å². The van der Waals surface area contributed by atoms with E-state index >= 15 is 0 Å². The molecule has 144 valence electrons. The lowest BCUT2D eigenvalue weighted by atomic mass is 10.1. The summed E-state index contributed by atoms with van der Waals surface area (Å²) in [5.41, 5.74) is 1.44. The van der Waals surface area contributed by atoms with Crippen LogP contribution in [-0.4, -0.2) is 38.0 Å². The van der Waals surface area contributed by atoms with Gasteiger partial charge in [-0.1, -0.05) is 48.5 Å². The van der Waals surface area contributed by atoms with E-state index in [1.165, 1.54) is 7.11 Å². The van der Waals surface area contributed by atoms with Crippen LogP contribution in [-0.2, 0) is 30.3 Å². The van der Waals surface area contributed by atoms with Crippen molar-refractivity contribution in [2.75, 3.05) is 13.9 Å². The van der Waals surface area contributed by atoms with Crippen LogP contribution in [0.25, 0.3) is 0 Å². The van der Waals surface area contributed by atoms with Crippen LogP contribution in [0.3, 0.4) is 0 Å². The first kappa shape index (κ1) is 20.6. The van der Waals surface area contributed by atoms with Gasteiger partial charge in [0.05, 0.1) is 25.7 Å². The third-order valence-electron chi connectivity index (χ3n) is 3.90. The standard InChI is InChI=1S/C21H24O6/c1-16(27-21(23)18-11-7-4-8-12-18)19(13-20(22)24-2)26-15-25-14-17-9-5-3-6-10-17/h3-12,16,19H,13-15H2,1-2H3/t16-,19-/m1/s1. The molecule has 0 heterocycles. The van der Waals surface area contributed by atoms with E-state index in [1.807, 2.05) is 36.4 Å². The minimum atomic E-state index is -0.680. The van der Waals surface area contributed by atoms with Gasteiger partial charge in [-0.25, -0.2) is 4.79 Å². The molecule has 0 spiro atoms. The van der Waals surface area contributed by atoms with E-state index < -0.39 is 24.1 Å². The van der Waals surface area contributed by atoms with Crippen molar-refractivity contribution in [2.45, 2.75) is 32.2 Å². The Bertz CT molecular complexity index is 701. The average molecular weight is 372 g/mol. The summed E-state index contributed by atoms with van der Waals surface area (Å²) in [4.78, 5) is 23.9. The first-order valence-corrected chi connectivity index (χ1v) is 8.66. The molecule has 0 amide bonds. The highest BCUT2D eigenvalue weighted by molar-refractivity contribution is 5.89. The van der Waals surface area contributed by atoms with E-state index in [1.54, 1.807) is 31.2 Å². The number of carbonyl (C=O) groups excluding carboxylic acids is 2. The molecule has 0 unspecified atom stereocenters. The van der Waals surface area contributed by atoms with Crippen LogP contribution in [0.15, 0.2) is 60.7 Å². The minimum absolute atomic E-state index is 0.0379. The zero-order valence-electron chi connectivity index (χ0n) is 15.5. The van der Waals surface area contributed by atoms with E-state index in [0.29, 0.717) is 12.2 Å². The maximum absolute atomic E-state index is 12.2. The molecule has 6 heteroatoms. The summed E-state index contributed by atoms with van der Waals surface area (Å²) in [6.07, 6.45) is -1.38. The number of carbonyl (C=O) groups is 2. The molecule has 2 rings (SSSR count). The molecule has 0 aliphatic rings. The monoisotopic (exact) mass is 372 g/mol. The third-order valence-corrected chi connectivity index (χ3v) is 3.90. The predicted molar refractivity (Wildman–Crippen MR) is 98.9 cm³/mol. The van der Waals surface area contributed by atoms with Crippen molar-refractivity contribution in [3.63, 3.8) is 0 Å². The van der Waals surface area contributed by atoms with Gasteiger partial charge < -0.3 is 18.9 Å². The van der Waals surface area contributed by atoms with Crippen LogP contribution < -0.4 is 0 Å². The Labute approximate surface area is 159 Å². The van der Waals surface area contributed by atoms with Gasteiger partial charge >= 0.3 is 11.9 Å². The first-order valence-electron chi connectivity index (χ1n) is 8.66. The second-order valence-electron chi connectivity index (χ2n) is 5.91. The predicted octanol–water partition coefficient (Wildman–Crippen LogP) is 3.35. The largest absolute Gasteiger partial charge is 0.469 e. The highest BCUT2D eigenvalue weighted by Gasteiger charge is 2.25. The Morgan fingerprint density at radius 1 is 0.963 bits per heavy atom. The summed E-state index contributed by atoms with van der Waals surface area (Å²) < 4.78 is 21.3. The van der Waals surface area contributed by atoms with Gasteiger partial charge in [-0.05, 0) is 24.6 Å². The molecule has 6 nitrogen and oxygen atoms in total. The molecule has 0 bridgehead atoms. The molecule has 0 radical (unpaired) electrons. The van der Waals surface area contributed by atoms with Crippen LogP contribution >= 0.6 is 0 Å². The lowest BCUT2D eigenvalue weighted by Gasteiger charge is -2.23. The van der Waals surface area contributed by atoms with Crippen LogP contribution in [0.4, 0.5) is 0 Å². The number of benzene rings is 2. The van der Waals surface area contributed by atoms with Gasteiger partial charge in [-0.2, -0.15) is 0 Å². The Kier molecular flexibility index (Phi) is 8.48. The molecule has 2 aromatic rings. The van der Waals surface area contributed by atoms with E-state index in [4.69, 9.17) is 18.9 Å². The van der Waals surface area contributed by atoms with Crippen molar-refractivity contribution in [1.82, 2.24) is 0 Å². The summed E-state index contributed by atoms with van der Waals surface area (Å²) in [7, 11) is 1.30. The van der Waals surface area contributed by atoms with Gasteiger partial charge in [0.25, 0.3) is 0 Å². The summed E-state index contributed by atoms with van der Waals surface area (Å²) >= 11 is 0. The highest BCUT2D eigenvalue weighted by Crippen LogP contribution is 2.13. The van der Waals surface area contributed by atoms with Gasteiger partial charge in [0, 0.05) is 0 Å². The van der Waals surface area contributed by atoms with Crippen molar-refractivity contribution in [3.05, 3.63) is 71.8 Å². The second-order valence-corrected chi connectivity index (χ2v) is 5.91. The summed E-state index contributed by atoms with van der Waals surface area (Å²) in [5, 5.41) is 0. The van der Waals surface area contributed by atoms with E-state index in [-0.39, 0.29) is 13.2 Å². The van der Waals surface area contributed by atoms with Crippen LogP contribution in [0.5, 0.6) is 0 Å². The Balaban J connectivity index is 1.87. The fourth-order valence-corrected chi connectivity index (χ4v) is 2.36. The number of esters is 2. The summed E-state index contributed by atoms with van der Waals surface area (Å²) in [6.45, 7) is 2.01. The number of rotatable bonds is 10. The van der Waals surface area contributed by atoms with Gasteiger partial charge in [-0.3, -0.25) is 4.79 Å². The highest BCUT2D eigenvalue weighted by atomic mass is 16.7. The number of ether oxygens (including phenoxy) is 4. The lowest BCUT2D eigenvalue weighted by Crippen LogP contribution is -2.34. The van der Waals surface area contributed by atoms with Crippen LogP contribution in [0.1, 0.15) is 29.3 Å². The molecule has 0 N–H and O–H groups in total. The van der Waals surface area contributed by atoms with Gasteiger partial charge in [0.2, 0.25) is 0 Å². The Morgan fingerprint density at radius 3 is 2.22 bits per heavy atom. The smallest absolute Gasteiger partial charge is 0.338 e. The van der Waals surface area contributed by atoms with Gasteiger partial charge in [0.1, 0.15) is 19.0 Å². The van der Waals surface area contributed by atoms with Crippen molar-refractivity contribution in [2.24, 2.45) is 0 Å². The molecular weight excluding hydrogens is 348 g/mol. The summed E-state index contributed by atoms with van der Waals surface area (Å²) in [6, 6.07) is 18.3. The molecule has 0 saturated heterocycles. The Hall–Kier alpha value is -2.70. The van der Waals surface area contributed by atoms with Crippen molar-refractivity contribution >= 4 is 11.9 Å². The fourth-order valence-electron chi connectivity index (χ4n) is 2.36. The van der Waals surface area contributed by atoms with Crippen molar-refractivity contribution in [1.29, 1.82) is 0 Å². The van der Waals surface area contributed by atoms with E-state index in [2.05, 4.69) is 0 Å². The van der Waals surface area contributed by atoms with Crippen LogP contribution in [0.2, 0.25) is 0 Å². The molecule has 2 atom stereocenters.